The second kappa shape index (κ2) is 4.74. The molecule has 0 saturated heterocycles. The highest BCUT2D eigenvalue weighted by molar-refractivity contribution is 5.70. The van der Waals surface area contributed by atoms with Crippen molar-refractivity contribution < 1.29 is 9.90 Å². The number of hydrogen-bond acceptors (Lipinski definition) is 2. The maximum atomic E-state index is 10.8. The minimum Gasteiger partial charge on any atom is -0.481 e. The van der Waals surface area contributed by atoms with E-state index in [1.54, 1.807) is 6.20 Å². The van der Waals surface area contributed by atoms with Gasteiger partial charge in [0.1, 0.15) is 0 Å². The van der Waals surface area contributed by atoms with E-state index in [0.717, 1.165) is 11.3 Å². The molecule has 3 nitrogen and oxygen atoms in total. The van der Waals surface area contributed by atoms with Gasteiger partial charge in [-0.3, -0.25) is 9.78 Å². The van der Waals surface area contributed by atoms with E-state index in [9.17, 15) is 4.79 Å². The van der Waals surface area contributed by atoms with Gasteiger partial charge in [0.25, 0.3) is 0 Å². The van der Waals surface area contributed by atoms with Gasteiger partial charge in [-0.15, -0.1) is 0 Å². The third kappa shape index (κ3) is 2.55. The van der Waals surface area contributed by atoms with Gasteiger partial charge in [-0.25, -0.2) is 0 Å². The van der Waals surface area contributed by atoms with Crippen LogP contribution in [0.15, 0.2) is 18.3 Å². The fourth-order valence-electron chi connectivity index (χ4n) is 1.37. The van der Waals surface area contributed by atoms with Crippen molar-refractivity contribution in [3.63, 3.8) is 0 Å². The van der Waals surface area contributed by atoms with Crippen molar-refractivity contribution in [3.8, 4) is 0 Å². The number of nitrogens with zero attached hydrogens (tertiary/aromatic N) is 1. The van der Waals surface area contributed by atoms with Gasteiger partial charge in [0.05, 0.1) is 5.92 Å². The number of carboxylic acids is 1. The van der Waals surface area contributed by atoms with E-state index >= 15 is 0 Å². The lowest BCUT2D eigenvalue weighted by Gasteiger charge is -2.10. The summed E-state index contributed by atoms with van der Waals surface area (Å²) in [7, 11) is 0. The first-order valence-corrected chi connectivity index (χ1v) is 4.78. The van der Waals surface area contributed by atoms with Crippen LogP contribution in [0.1, 0.15) is 24.6 Å². The first kappa shape index (κ1) is 10.7. The third-order valence-corrected chi connectivity index (χ3v) is 2.40. The molecule has 1 unspecified atom stereocenters. The summed E-state index contributed by atoms with van der Waals surface area (Å²) in [6.45, 7) is 3.84. The molecule has 1 rings (SSSR count). The van der Waals surface area contributed by atoms with Crippen LogP contribution in [0.2, 0.25) is 0 Å². The predicted octanol–water partition coefficient (Wildman–Crippen LogP) is 2.04. The average molecular weight is 193 g/mol. The third-order valence-electron chi connectivity index (χ3n) is 2.40. The van der Waals surface area contributed by atoms with Crippen molar-refractivity contribution in [2.45, 2.75) is 26.7 Å². The smallest absolute Gasteiger partial charge is 0.306 e. The van der Waals surface area contributed by atoms with Crippen LogP contribution in [0.25, 0.3) is 0 Å². The molecule has 0 aromatic carbocycles. The molecular weight excluding hydrogens is 178 g/mol. The highest BCUT2D eigenvalue weighted by Gasteiger charge is 2.16. The molecule has 0 spiro atoms. The number of hydrogen-bond donors (Lipinski definition) is 1. The summed E-state index contributed by atoms with van der Waals surface area (Å²) in [4.78, 5) is 15.0. The number of aliphatic carboxylic acids is 1. The Labute approximate surface area is 83.8 Å². The molecule has 0 aliphatic rings. The molecule has 1 heterocycles. The summed E-state index contributed by atoms with van der Waals surface area (Å²) in [6.07, 6.45) is 2.88. The van der Waals surface area contributed by atoms with E-state index in [2.05, 4.69) is 4.98 Å². The molecule has 0 saturated carbocycles. The van der Waals surface area contributed by atoms with Gasteiger partial charge in [0.15, 0.2) is 0 Å². The number of pyridine rings is 1. The highest BCUT2D eigenvalue weighted by Crippen LogP contribution is 2.13. The molecule has 0 radical (unpaired) electrons. The standard InChI is InChI=1S/C11H15NO2/c1-3-9(11(13)14)7-10-8(2)5-4-6-12-10/h4-6,9H,3,7H2,1-2H3,(H,13,14). The second-order valence-corrected chi connectivity index (χ2v) is 3.41. The maximum absolute atomic E-state index is 10.8. The molecule has 0 bridgehead atoms. The van der Waals surface area contributed by atoms with Crippen molar-refractivity contribution in [2.75, 3.05) is 0 Å². The van der Waals surface area contributed by atoms with Crippen molar-refractivity contribution in [3.05, 3.63) is 29.6 Å². The molecule has 0 fully saturated rings. The average Bonchev–Trinajstić information content (AvgIpc) is 2.16. The topological polar surface area (TPSA) is 50.2 Å². The summed E-state index contributed by atoms with van der Waals surface area (Å²) in [5.74, 6) is -1.05. The van der Waals surface area contributed by atoms with Gasteiger partial charge >= 0.3 is 5.97 Å². The fraction of sp³-hybridized carbons (Fsp3) is 0.455. The molecule has 76 valence electrons. The molecule has 0 aliphatic heterocycles. The van der Waals surface area contributed by atoms with E-state index in [1.807, 2.05) is 26.0 Å². The highest BCUT2D eigenvalue weighted by atomic mass is 16.4. The number of rotatable bonds is 4. The van der Waals surface area contributed by atoms with Crippen LogP contribution in [0.3, 0.4) is 0 Å². The van der Waals surface area contributed by atoms with Gasteiger partial charge in [0.2, 0.25) is 0 Å². The van der Waals surface area contributed by atoms with E-state index < -0.39 is 5.97 Å². The van der Waals surface area contributed by atoms with Crippen molar-refractivity contribution in [1.29, 1.82) is 0 Å². The second-order valence-electron chi connectivity index (χ2n) is 3.41. The summed E-state index contributed by atoms with van der Waals surface area (Å²) < 4.78 is 0. The van der Waals surface area contributed by atoms with Crippen LogP contribution >= 0.6 is 0 Å². The summed E-state index contributed by atoms with van der Waals surface area (Å²) in [6, 6.07) is 3.82. The normalized spacial score (nSPS) is 12.4. The van der Waals surface area contributed by atoms with Gasteiger partial charge < -0.3 is 5.11 Å². The Morgan fingerprint density at radius 3 is 2.86 bits per heavy atom. The number of aromatic nitrogens is 1. The van der Waals surface area contributed by atoms with E-state index in [0.29, 0.717) is 12.8 Å². The molecule has 0 amide bonds. The molecule has 3 heteroatoms. The van der Waals surface area contributed by atoms with Crippen LogP contribution in [0, 0.1) is 12.8 Å². The van der Waals surface area contributed by atoms with E-state index in [1.165, 1.54) is 0 Å². The molecule has 1 N–H and O–H groups in total. The van der Waals surface area contributed by atoms with Crippen LogP contribution in [-0.2, 0) is 11.2 Å². The van der Waals surface area contributed by atoms with Gasteiger partial charge in [-0.1, -0.05) is 13.0 Å². The van der Waals surface area contributed by atoms with Crippen LogP contribution in [0.5, 0.6) is 0 Å². The zero-order valence-corrected chi connectivity index (χ0v) is 8.53. The molecule has 14 heavy (non-hydrogen) atoms. The Bertz CT molecular complexity index is 323. The Balaban J connectivity index is 2.77. The zero-order chi connectivity index (χ0) is 10.6. The minimum atomic E-state index is -0.738. The Morgan fingerprint density at radius 1 is 1.64 bits per heavy atom. The molecular formula is C11H15NO2. The van der Waals surface area contributed by atoms with Crippen LogP contribution in [0.4, 0.5) is 0 Å². The number of aryl methyl sites for hydroxylation is 1. The molecule has 1 aromatic rings. The number of carboxylic acid groups (broad SMARTS) is 1. The van der Waals surface area contributed by atoms with Crippen molar-refractivity contribution >= 4 is 5.97 Å². The summed E-state index contributed by atoms with van der Waals surface area (Å²) >= 11 is 0. The monoisotopic (exact) mass is 193 g/mol. The number of carbonyl (C=O) groups is 1. The van der Waals surface area contributed by atoms with E-state index in [-0.39, 0.29) is 5.92 Å². The Kier molecular flexibility index (Phi) is 3.63. The fourth-order valence-corrected chi connectivity index (χ4v) is 1.37. The largest absolute Gasteiger partial charge is 0.481 e. The van der Waals surface area contributed by atoms with Gasteiger partial charge in [-0.05, 0) is 25.0 Å². The van der Waals surface area contributed by atoms with Gasteiger partial charge in [0, 0.05) is 18.3 Å². The van der Waals surface area contributed by atoms with Gasteiger partial charge in [-0.2, -0.15) is 0 Å². The lowest BCUT2D eigenvalue weighted by atomic mass is 9.98. The molecule has 1 atom stereocenters. The predicted molar refractivity (Wildman–Crippen MR) is 54.1 cm³/mol. The molecule has 0 aliphatic carbocycles. The Hall–Kier alpha value is -1.38. The molecule has 1 aromatic heterocycles. The van der Waals surface area contributed by atoms with Crippen molar-refractivity contribution in [1.82, 2.24) is 4.98 Å². The quantitative estimate of drug-likeness (QED) is 0.796. The maximum Gasteiger partial charge on any atom is 0.306 e. The van der Waals surface area contributed by atoms with Crippen molar-refractivity contribution in [2.24, 2.45) is 5.92 Å². The van der Waals surface area contributed by atoms with Crippen LogP contribution < -0.4 is 0 Å². The zero-order valence-electron chi connectivity index (χ0n) is 8.53. The first-order valence-electron chi connectivity index (χ1n) is 4.78. The summed E-state index contributed by atoms with van der Waals surface area (Å²) in [5, 5.41) is 8.90. The lowest BCUT2D eigenvalue weighted by Crippen LogP contribution is -2.16. The van der Waals surface area contributed by atoms with E-state index in [4.69, 9.17) is 5.11 Å². The minimum absolute atomic E-state index is 0.316. The first-order chi connectivity index (χ1) is 6.65. The SMILES string of the molecule is CCC(Cc1ncccc1C)C(=O)O. The Morgan fingerprint density at radius 2 is 2.36 bits per heavy atom. The lowest BCUT2D eigenvalue weighted by molar-refractivity contribution is -0.141. The summed E-state index contributed by atoms with van der Waals surface area (Å²) in [5.41, 5.74) is 1.95. The van der Waals surface area contributed by atoms with Crippen LogP contribution in [-0.4, -0.2) is 16.1 Å².